The van der Waals surface area contributed by atoms with Crippen molar-refractivity contribution in [2.45, 2.75) is 78.2 Å². The second-order valence-electron chi connectivity index (χ2n) is 20.2. The van der Waals surface area contributed by atoms with Gasteiger partial charge in [-0.3, -0.25) is 0 Å². The maximum atomic E-state index is 2.51. The Balaban J connectivity index is 1.02. The van der Waals surface area contributed by atoms with Gasteiger partial charge in [0.1, 0.15) is 13.6 Å². The third-order valence-electron chi connectivity index (χ3n) is 15.3. The summed E-state index contributed by atoms with van der Waals surface area (Å²) in [5, 5.41) is 0. The summed E-state index contributed by atoms with van der Waals surface area (Å²) in [6.07, 6.45) is 11.0. The van der Waals surface area contributed by atoms with Crippen LogP contribution in [0.1, 0.15) is 69.6 Å². The normalized spacial score (nSPS) is 12.1. The fraction of sp³-hybridized carbons (Fsp3) is 0.183. The molecule has 0 aliphatic carbocycles. The van der Waals surface area contributed by atoms with E-state index in [9.17, 15) is 0 Å². The molecule has 10 rings (SSSR count). The summed E-state index contributed by atoms with van der Waals surface area (Å²) in [7, 11) is 2.16. The van der Waals surface area contributed by atoms with Gasteiger partial charge in [-0.25, -0.2) is 4.57 Å². The molecule has 73 heavy (non-hydrogen) atoms. The van der Waals surface area contributed by atoms with Crippen LogP contribution in [0.25, 0.3) is 89.3 Å². The molecular weight excluding hydrogens is 881 g/mol. The van der Waals surface area contributed by atoms with Gasteiger partial charge in [-0.15, -0.1) is 0 Å². The van der Waals surface area contributed by atoms with Gasteiger partial charge >= 0.3 is 0 Å². The maximum Gasteiger partial charge on any atom is 0.215 e. The topological polar surface area (TPSA) is 7.76 Å². The number of rotatable bonds is 17. The number of aromatic nitrogens is 2. The van der Waals surface area contributed by atoms with E-state index in [1.165, 1.54) is 106 Å². The Morgan fingerprint density at radius 2 is 0.904 bits per heavy atom. The summed E-state index contributed by atoms with van der Waals surface area (Å²) in [5.74, 6) is 0. The van der Waals surface area contributed by atoms with Gasteiger partial charge in [-0.05, 0) is 183 Å². The SMILES string of the molecule is CCC[n+]1ccccc1-c1cc(-c2cccc(-c3cc(-c4ccccc4)cc(-c4cc(-c5ccccc5)cc(-c5ccccc5)c4)c3)c2)ccc1C(C)(CC)CCCCc1ccccc1-c1c(C)ccc[n+]1C. The van der Waals surface area contributed by atoms with Crippen molar-refractivity contribution >= 4 is 0 Å². The smallest absolute Gasteiger partial charge is 0.201 e. The number of hydrogen-bond donors (Lipinski definition) is 0. The van der Waals surface area contributed by atoms with Crippen LogP contribution in [0.15, 0.2) is 237 Å². The Kier molecular flexibility index (Phi) is 14.8. The first kappa shape index (κ1) is 48.7. The first-order valence-electron chi connectivity index (χ1n) is 26.5. The van der Waals surface area contributed by atoms with Gasteiger partial charge in [0.15, 0.2) is 12.4 Å². The summed E-state index contributed by atoms with van der Waals surface area (Å²) < 4.78 is 4.73. The Labute approximate surface area is 435 Å². The quantitative estimate of drug-likeness (QED) is 0.0635. The van der Waals surface area contributed by atoms with Gasteiger partial charge in [0.2, 0.25) is 11.4 Å². The molecule has 10 aromatic rings. The van der Waals surface area contributed by atoms with Crippen molar-refractivity contribution in [3.05, 3.63) is 254 Å². The van der Waals surface area contributed by atoms with E-state index in [0.717, 1.165) is 45.1 Å². The standard InChI is InChI=1S/C71H68N2/c1-6-41-73-43-22-20-37-69(73)67-51-59(38-39-68(67)71(4,7-2)40-21-19-33-56-32-17-18-36-66(56)70-52(3)25-24-42-72(70)5)57-34-23-35-58(44-57)63-46-62(55-30-15-10-16-31-55)49-65(50-63)64-47-60(53-26-11-8-12-27-53)45-61(48-64)54-28-13-9-14-29-54/h8-18,20,22-32,34-39,42-51H,6-7,19,21,33,40-41H2,1-5H3/q+2. The van der Waals surface area contributed by atoms with E-state index in [4.69, 9.17) is 0 Å². The molecule has 0 saturated carbocycles. The first-order chi connectivity index (χ1) is 35.8. The molecule has 2 nitrogen and oxygen atoms in total. The Morgan fingerprint density at radius 3 is 1.48 bits per heavy atom. The summed E-state index contributed by atoms with van der Waals surface area (Å²) in [6.45, 7) is 10.4. The van der Waals surface area contributed by atoms with E-state index in [0.29, 0.717) is 0 Å². The minimum atomic E-state index is -0.00988. The highest BCUT2D eigenvalue weighted by atomic mass is 15.0. The zero-order valence-corrected chi connectivity index (χ0v) is 43.4. The summed E-state index contributed by atoms with van der Waals surface area (Å²) in [4.78, 5) is 0. The fourth-order valence-corrected chi connectivity index (χ4v) is 11.1. The van der Waals surface area contributed by atoms with E-state index in [1.54, 1.807) is 0 Å². The second-order valence-corrected chi connectivity index (χ2v) is 20.2. The van der Waals surface area contributed by atoms with Gasteiger partial charge in [-0.2, -0.15) is 4.57 Å². The summed E-state index contributed by atoms with van der Waals surface area (Å²) in [5.41, 5.74) is 23.9. The largest absolute Gasteiger partial charge is 0.215 e. The van der Waals surface area contributed by atoms with Crippen molar-refractivity contribution in [3.63, 3.8) is 0 Å². The zero-order valence-electron chi connectivity index (χ0n) is 43.4. The van der Waals surface area contributed by atoms with Crippen LogP contribution in [0.2, 0.25) is 0 Å². The van der Waals surface area contributed by atoms with Crippen LogP contribution < -0.4 is 9.13 Å². The van der Waals surface area contributed by atoms with E-state index < -0.39 is 0 Å². The average Bonchev–Trinajstić information content (AvgIpc) is 3.45. The lowest BCUT2D eigenvalue weighted by Crippen LogP contribution is -2.36. The minimum Gasteiger partial charge on any atom is -0.201 e. The van der Waals surface area contributed by atoms with Crippen LogP contribution >= 0.6 is 0 Å². The lowest BCUT2D eigenvalue weighted by Gasteiger charge is -2.31. The molecule has 2 aromatic heterocycles. The van der Waals surface area contributed by atoms with Crippen molar-refractivity contribution < 1.29 is 9.13 Å². The number of unbranched alkanes of at least 4 members (excludes halogenated alkanes) is 1. The molecule has 2 heterocycles. The third kappa shape index (κ3) is 10.8. The number of benzene rings is 8. The number of aryl methyl sites for hydroxylation is 4. The summed E-state index contributed by atoms with van der Waals surface area (Å²) >= 11 is 0. The van der Waals surface area contributed by atoms with Crippen LogP contribution in [-0.2, 0) is 25.4 Å². The van der Waals surface area contributed by atoms with Gasteiger partial charge < -0.3 is 0 Å². The molecule has 0 aliphatic heterocycles. The fourth-order valence-electron chi connectivity index (χ4n) is 11.1. The predicted molar refractivity (Wildman–Crippen MR) is 308 cm³/mol. The third-order valence-corrected chi connectivity index (χ3v) is 15.3. The molecule has 0 bridgehead atoms. The molecule has 1 atom stereocenters. The molecule has 2 heteroatoms. The van der Waals surface area contributed by atoms with Crippen LogP contribution in [-0.4, -0.2) is 0 Å². The van der Waals surface area contributed by atoms with Crippen LogP contribution in [0.5, 0.6) is 0 Å². The van der Waals surface area contributed by atoms with Crippen molar-refractivity contribution in [2.75, 3.05) is 0 Å². The lowest BCUT2D eigenvalue weighted by atomic mass is 9.73. The first-order valence-corrected chi connectivity index (χ1v) is 26.5. The van der Waals surface area contributed by atoms with Gasteiger partial charge in [0.05, 0.1) is 5.56 Å². The van der Waals surface area contributed by atoms with E-state index in [1.807, 2.05) is 0 Å². The van der Waals surface area contributed by atoms with Crippen LogP contribution in [0, 0.1) is 6.92 Å². The minimum absolute atomic E-state index is 0.00988. The van der Waals surface area contributed by atoms with E-state index in [-0.39, 0.29) is 5.41 Å². The highest BCUT2D eigenvalue weighted by molar-refractivity contribution is 5.87. The van der Waals surface area contributed by atoms with Crippen molar-refractivity contribution in [1.82, 2.24) is 0 Å². The van der Waals surface area contributed by atoms with Crippen LogP contribution in [0.4, 0.5) is 0 Å². The predicted octanol–water partition coefficient (Wildman–Crippen LogP) is 17.9. The van der Waals surface area contributed by atoms with E-state index >= 15 is 0 Å². The lowest BCUT2D eigenvalue weighted by molar-refractivity contribution is -0.686. The molecule has 8 aromatic carbocycles. The number of nitrogens with zero attached hydrogens (tertiary/aromatic N) is 2. The highest BCUT2D eigenvalue weighted by Crippen LogP contribution is 2.43. The molecule has 0 aliphatic rings. The molecule has 360 valence electrons. The molecular formula is C71H68N2+2. The summed E-state index contributed by atoms with van der Waals surface area (Å²) in [6, 6.07) is 83.2. The van der Waals surface area contributed by atoms with Crippen molar-refractivity contribution in [2.24, 2.45) is 7.05 Å². The van der Waals surface area contributed by atoms with Gasteiger partial charge in [0, 0.05) is 35.7 Å². The monoisotopic (exact) mass is 949 g/mol. The molecule has 0 spiro atoms. The average molecular weight is 949 g/mol. The van der Waals surface area contributed by atoms with Gasteiger partial charge in [0.25, 0.3) is 0 Å². The molecule has 0 radical (unpaired) electrons. The van der Waals surface area contributed by atoms with Crippen molar-refractivity contribution in [1.29, 1.82) is 0 Å². The zero-order chi connectivity index (χ0) is 50.2. The molecule has 0 fully saturated rings. The van der Waals surface area contributed by atoms with E-state index in [2.05, 4.69) is 281 Å². The molecule has 0 amide bonds. The van der Waals surface area contributed by atoms with Crippen molar-refractivity contribution in [3.8, 4) is 89.3 Å². The second kappa shape index (κ2) is 22.2. The maximum absolute atomic E-state index is 2.51. The molecule has 0 N–H and O–H groups in total. The Bertz CT molecular complexity index is 3400. The molecule has 1 unspecified atom stereocenters. The van der Waals surface area contributed by atoms with Crippen LogP contribution in [0.3, 0.4) is 0 Å². The van der Waals surface area contributed by atoms with Gasteiger partial charge in [-0.1, -0.05) is 167 Å². The number of hydrogen-bond acceptors (Lipinski definition) is 0. The number of pyridine rings is 2. The Hall–Kier alpha value is -7.94. The Morgan fingerprint density at radius 1 is 0.411 bits per heavy atom. The highest BCUT2D eigenvalue weighted by Gasteiger charge is 2.30. The molecule has 0 saturated heterocycles.